The van der Waals surface area contributed by atoms with E-state index >= 15 is 0 Å². The molecule has 0 bridgehead atoms. The summed E-state index contributed by atoms with van der Waals surface area (Å²) in [6.07, 6.45) is 9.12. The van der Waals surface area contributed by atoms with Crippen molar-refractivity contribution in [3.8, 4) is 0 Å². The van der Waals surface area contributed by atoms with Crippen molar-refractivity contribution in [2.45, 2.75) is 45.4 Å². The van der Waals surface area contributed by atoms with E-state index in [2.05, 4.69) is 25.0 Å². The first-order valence-corrected chi connectivity index (χ1v) is 5.25. The third-order valence-corrected chi connectivity index (χ3v) is 2.54. The highest BCUT2D eigenvalue weighted by molar-refractivity contribution is 5.03. The molecule has 0 saturated carbocycles. The average Bonchev–Trinajstić information content (AvgIpc) is 2.54. The first-order chi connectivity index (χ1) is 6.27. The van der Waals surface area contributed by atoms with Gasteiger partial charge in [0.2, 0.25) is 0 Å². The summed E-state index contributed by atoms with van der Waals surface area (Å²) in [5, 5.41) is 0. The van der Waals surface area contributed by atoms with Crippen molar-refractivity contribution in [1.82, 2.24) is 9.55 Å². The molecule has 0 spiro atoms. The van der Waals surface area contributed by atoms with Gasteiger partial charge in [-0.25, -0.2) is 4.98 Å². The summed E-state index contributed by atoms with van der Waals surface area (Å²) < 4.78 is 2.03. The zero-order valence-electron chi connectivity index (χ0n) is 8.95. The van der Waals surface area contributed by atoms with Crippen molar-refractivity contribution in [1.29, 1.82) is 0 Å². The van der Waals surface area contributed by atoms with Gasteiger partial charge in [0.1, 0.15) is 0 Å². The molecule has 0 amide bonds. The van der Waals surface area contributed by atoms with Crippen molar-refractivity contribution in [3.63, 3.8) is 0 Å². The number of hydrogen-bond donors (Lipinski definition) is 0. The van der Waals surface area contributed by atoms with Crippen LogP contribution in [0, 0.1) is 0 Å². The largest absolute Gasteiger partial charge is 0.340 e. The van der Waals surface area contributed by atoms with Crippen molar-refractivity contribution < 1.29 is 0 Å². The van der Waals surface area contributed by atoms with Crippen LogP contribution < -0.4 is 0 Å². The fourth-order valence-electron chi connectivity index (χ4n) is 1.66. The Hall–Kier alpha value is -0.790. The van der Waals surface area contributed by atoms with Crippen molar-refractivity contribution in [3.05, 3.63) is 18.2 Å². The van der Waals surface area contributed by atoms with Gasteiger partial charge < -0.3 is 4.57 Å². The Morgan fingerprint density at radius 1 is 1.46 bits per heavy atom. The zero-order chi connectivity index (χ0) is 9.68. The van der Waals surface area contributed by atoms with Crippen LogP contribution in [-0.2, 0) is 7.05 Å². The minimum absolute atomic E-state index is 0.668. The van der Waals surface area contributed by atoms with Crippen molar-refractivity contribution in [2.75, 3.05) is 0 Å². The van der Waals surface area contributed by atoms with Gasteiger partial charge in [0, 0.05) is 19.2 Å². The third kappa shape index (κ3) is 2.87. The summed E-state index contributed by atoms with van der Waals surface area (Å²) in [4.78, 5) is 4.40. The van der Waals surface area contributed by atoms with Crippen LogP contribution in [0.2, 0.25) is 0 Å². The fourth-order valence-corrected chi connectivity index (χ4v) is 1.66. The fraction of sp³-hybridized carbons (Fsp3) is 0.727. The van der Waals surface area contributed by atoms with Crippen LogP contribution in [-0.4, -0.2) is 9.55 Å². The molecular formula is C11H20N2. The molecular weight excluding hydrogens is 160 g/mol. The molecule has 0 fully saturated rings. The molecule has 0 aliphatic carbocycles. The van der Waals surface area contributed by atoms with Crippen LogP contribution >= 0.6 is 0 Å². The van der Waals surface area contributed by atoms with E-state index in [0.717, 1.165) is 0 Å². The predicted molar refractivity (Wildman–Crippen MR) is 55.8 cm³/mol. The van der Waals surface area contributed by atoms with E-state index in [1.807, 2.05) is 17.9 Å². The number of rotatable bonds is 5. The van der Waals surface area contributed by atoms with Crippen LogP contribution in [0.5, 0.6) is 0 Å². The molecule has 0 N–H and O–H groups in total. The van der Waals surface area contributed by atoms with E-state index in [1.165, 1.54) is 31.4 Å². The number of aromatic nitrogens is 2. The lowest BCUT2D eigenvalue weighted by Gasteiger charge is -2.10. The van der Waals surface area contributed by atoms with Gasteiger partial charge in [-0.2, -0.15) is 0 Å². The van der Waals surface area contributed by atoms with Crippen LogP contribution in [0.3, 0.4) is 0 Å². The standard InChI is InChI=1S/C11H20N2/c1-4-6-7-10(5-2)11-8-13(3)9-12-11/h8-10H,4-7H2,1-3H3. The monoisotopic (exact) mass is 180 g/mol. The van der Waals surface area contributed by atoms with Gasteiger partial charge >= 0.3 is 0 Å². The zero-order valence-corrected chi connectivity index (χ0v) is 8.95. The van der Waals surface area contributed by atoms with E-state index in [9.17, 15) is 0 Å². The smallest absolute Gasteiger partial charge is 0.0946 e. The molecule has 0 aliphatic rings. The Labute approximate surface area is 81.0 Å². The van der Waals surface area contributed by atoms with Gasteiger partial charge in [-0.15, -0.1) is 0 Å². The summed E-state index contributed by atoms with van der Waals surface area (Å²) >= 11 is 0. The normalized spacial score (nSPS) is 13.2. The molecule has 0 aromatic carbocycles. The van der Waals surface area contributed by atoms with E-state index in [-0.39, 0.29) is 0 Å². The maximum Gasteiger partial charge on any atom is 0.0946 e. The molecule has 1 unspecified atom stereocenters. The lowest BCUT2D eigenvalue weighted by Crippen LogP contribution is -1.97. The highest BCUT2D eigenvalue weighted by Crippen LogP contribution is 2.23. The average molecular weight is 180 g/mol. The molecule has 13 heavy (non-hydrogen) atoms. The molecule has 1 atom stereocenters. The van der Waals surface area contributed by atoms with E-state index in [0.29, 0.717) is 5.92 Å². The number of unbranched alkanes of at least 4 members (excludes halogenated alkanes) is 1. The molecule has 0 aliphatic heterocycles. The Bertz CT molecular complexity index is 240. The maximum atomic E-state index is 4.40. The summed E-state index contributed by atoms with van der Waals surface area (Å²) in [5.74, 6) is 0.668. The summed E-state index contributed by atoms with van der Waals surface area (Å²) in [5.41, 5.74) is 1.26. The predicted octanol–water partition coefficient (Wildman–Crippen LogP) is 3.10. The molecule has 1 heterocycles. The number of imidazole rings is 1. The number of nitrogens with zero attached hydrogens (tertiary/aromatic N) is 2. The Kier molecular flexibility index (Phi) is 4.00. The molecule has 2 heteroatoms. The van der Waals surface area contributed by atoms with Gasteiger partial charge in [0.05, 0.1) is 12.0 Å². The van der Waals surface area contributed by atoms with Crippen molar-refractivity contribution in [2.24, 2.45) is 7.05 Å². The minimum atomic E-state index is 0.668. The quantitative estimate of drug-likeness (QED) is 0.680. The van der Waals surface area contributed by atoms with Gasteiger partial charge in [0.25, 0.3) is 0 Å². The molecule has 1 rings (SSSR count). The van der Waals surface area contributed by atoms with E-state index < -0.39 is 0 Å². The third-order valence-electron chi connectivity index (χ3n) is 2.54. The number of aryl methyl sites for hydroxylation is 1. The second-order valence-corrected chi connectivity index (χ2v) is 3.71. The van der Waals surface area contributed by atoms with Crippen LogP contribution in [0.15, 0.2) is 12.5 Å². The van der Waals surface area contributed by atoms with Gasteiger partial charge in [0.15, 0.2) is 0 Å². The first-order valence-electron chi connectivity index (χ1n) is 5.25. The van der Waals surface area contributed by atoms with E-state index in [4.69, 9.17) is 0 Å². The molecule has 1 aromatic heterocycles. The summed E-state index contributed by atoms with van der Waals surface area (Å²) in [6.45, 7) is 4.49. The lowest BCUT2D eigenvalue weighted by atomic mass is 9.96. The lowest BCUT2D eigenvalue weighted by molar-refractivity contribution is 0.559. The summed E-state index contributed by atoms with van der Waals surface area (Å²) in [7, 11) is 2.03. The molecule has 2 nitrogen and oxygen atoms in total. The second kappa shape index (κ2) is 5.05. The Morgan fingerprint density at radius 2 is 2.23 bits per heavy atom. The van der Waals surface area contributed by atoms with Gasteiger partial charge in [-0.1, -0.05) is 26.7 Å². The number of hydrogen-bond acceptors (Lipinski definition) is 1. The van der Waals surface area contributed by atoms with Crippen LogP contribution in [0.1, 0.15) is 51.1 Å². The van der Waals surface area contributed by atoms with Gasteiger partial charge in [-0.05, 0) is 12.8 Å². The second-order valence-electron chi connectivity index (χ2n) is 3.71. The maximum absolute atomic E-state index is 4.40. The van der Waals surface area contributed by atoms with Crippen LogP contribution in [0.25, 0.3) is 0 Å². The van der Waals surface area contributed by atoms with E-state index in [1.54, 1.807) is 0 Å². The molecule has 1 aromatic rings. The minimum Gasteiger partial charge on any atom is -0.340 e. The Morgan fingerprint density at radius 3 is 2.69 bits per heavy atom. The first kappa shape index (κ1) is 10.3. The topological polar surface area (TPSA) is 17.8 Å². The highest BCUT2D eigenvalue weighted by atomic mass is 15.0. The van der Waals surface area contributed by atoms with Crippen LogP contribution in [0.4, 0.5) is 0 Å². The molecule has 0 saturated heterocycles. The SMILES string of the molecule is CCCCC(CC)c1cn(C)cn1. The van der Waals surface area contributed by atoms with Crippen molar-refractivity contribution >= 4 is 0 Å². The summed E-state index contributed by atoms with van der Waals surface area (Å²) in [6, 6.07) is 0. The Balaban J connectivity index is 2.56. The van der Waals surface area contributed by atoms with Gasteiger partial charge in [-0.3, -0.25) is 0 Å². The highest BCUT2D eigenvalue weighted by Gasteiger charge is 2.10. The molecule has 74 valence electrons. The molecule has 0 radical (unpaired) electrons.